The van der Waals surface area contributed by atoms with Crippen LogP contribution in [0.15, 0.2) is 54.6 Å². The number of methoxy groups -OCH3 is 1. The van der Waals surface area contributed by atoms with Crippen LogP contribution in [0.4, 0.5) is 0 Å². The third-order valence-corrected chi connectivity index (χ3v) is 4.42. The summed E-state index contributed by atoms with van der Waals surface area (Å²) in [4.78, 5) is 23.9. The first-order valence-electron chi connectivity index (χ1n) is 8.83. The first-order chi connectivity index (χ1) is 12.7. The van der Waals surface area contributed by atoms with Crippen LogP contribution >= 0.6 is 0 Å². The second-order valence-corrected chi connectivity index (χ2v) is 6.37. The van der Waals surface area contributed by atoms with Crippen molar-refractivity contribution in [1.29, 1.82) is 0 Å². The van der Waals surface area contributed by atoms with Gasteiger partial charge >= 0.3 is 5.97 Å². The molecule has 0 aliphatic heterocycles. The molecule has 1 aliphatic carbocycles. The van der Waals surface area contributed by atoms with Crippen molar-refractivity contribution in [2.75, 3.05) is 13.7 Å². The zero-order chi connectivity index (χ0) is 18.4. The lowest BCUT2D eigenvalue weighted by molar-refractivity contribution is -0.145. The first kappa shape index (κ1) is 18.0. The van der Waals surface area contributed by atoms with Gasteiger partial charge in [-0.25, -0.2) is 4.79 Å². The van der Waals surface area contributed by atoms with Gasteiger partial charge in [0.05, 0.1) is 20.1 Å². The maximum absolute atomic E-state index is 12.2. The van der Waals surface area contributed by atoms with Crippen LogP contribution in [0.2, 0.25) is 0 Å². The first-order valence-corrected chi connectivity index (χ1v) is 8.83. The van der Waals surface area contributed by atoms with E-state index in [1.54, 1.807) is 0 Å². The van der Waals surface area contributed by atoms with E-state index in [9.17, 15) is 9.59 Å². The van der Waals surface area contributed by atoms with E-state index in [1.807, 2.05) is 54.6 Å². The van der Waals surface area contributed by atoms with Gasteiger partial charge in [0.25, 0.3) is 0 Å². The van der Waals surface area contributed by atoms with E-state index < -0.39 is 6.04 Å². The summed E-state index contributed by atoms with van der Waals surface area (Å²) in [6, 6.07) is 17.2. The minimum atomic E-state index is -0.538. The lowest BCUT2D eigenvalue weighted by atomic mass is 10.1. The van der Waals surface area contributed by atoms with Gasteiger partial charge in [-0.3, -0.25) is 4.79 Å². The number of carbonyl (C=O) groups is 2. The van der Waals surface area contributed by atoms with Crippen molar-refractivity contribution in [2.24, 2.45) is 5.92 Å². The third kappa shape index (κ3) is 4.63. The number of carbonyl (C=O) groups excluding carboxylic acids is 2. The molecule has 1 unspecified atom stereocenters. The molecule has 2 aromatic carbocycles. The maximum Gasteiger partial charge on any atom is 0.328 e. The summed E-state index contributed by atoms with van der Waals surface area (Å²) in [6.07, 6.45) is 2.07. The number of benzene rings is 2. The van der Waals surface area contributed by atoms with E-state index >= 15 is 0 Å². The summed E-state index contributed by atoms with van der Waals surface area (Å²) in [6.45, 7) is 0.244. The molecule has 0 radical (unpaired) electrons. The average molecular weight is 353 g/mol. The van der Waals surface area contributed by atoms with Crippen molar-refractivity contribution in [3.05, 3.63) is 54.6 Å². The van der Waals surface area contributed by atoms with Crippen LogP contribution in [0.3, 0.4) is 0 Å². The molecule has 1 N–H and O–H groups in total. The van der Waals surface area contributed by atoms with Crippen LogP contribution in [-0.2, 0) is 14.3 Å². The molecule has 5 heteroatoms. The van der Waals surface area contributed by atoms with Crippen LogP contribution in [0.1, 0.15) is 19.3 Å². The molecule has 1 saturated carbocycles. The number of esters is 1. The summed E-state index contributed by atoms with van der Waals surface area (Å²) in [5.41, 5.74) is 2.05. The van der Waals surface area contributed by atoms with E-state index in [0.717, 1.165) is 29.7 Å². The van der Waals surface area contributed by atoms with Crippen LogP contribution in [0, 0.1) is 5.92 Å². The molecule has 0 bridgehead atoms. The minimum Gasteiger partial charge on any atom is -0.492 e. The van der Waals surface area contributed by atoms with Gasteiger partial charge in [-0.15, -0.1) is 0 Å². The fourth-order valence-electron chi connectivity index (χ4n) is 2.87. The number of para-hydroxylation sites is 1. The van der Waals surface area contributed by atoms with Gasteiger partial charge in [0.15, 0.2) is 0 Å². The number of ether oxygens (including phenoxy) is 2. The highest BCUT2D eigenvalue weighted by atomic mass is 16.5. The molecule has 1 amide bonds. The highest BCUT2D eigenvalue weighted by molar-refractivity contribution is 5.85. The summed E-state index contributed by atoms with van der Waals surface area (Å²) in [7, 11) is 1.34. The fraction of sp³-hybridized carbons (Fsp3) is 0.333. The third-order valence-electron chi connectivity index (χ3n) is 4.42. The predicted molar refractivity (Wildman–Crippen MR) is 98.7 cm³/mol. The van der Waals surface area contributed by atoms with Crippen molar-refractivity contribution in [2.45, 2.75) is 25.3 Å². The number of amides is 1. The monoisotopic (exact) mass is 353 g/mol. The zero-order valence-electron chi connectivity index (χ0n) is 14.8. The molecule has 1 atom stereocenters. The minimum absolute atomic E-state index is 0.184. The summed E-state index contributed by atoms with van der Waals surface area (Å²) >= 11 is 0. The smallest absolute Gasteiger partial charge is 0.328 e. The molecular formula is C21H23NO4. The van der Waals surface area contributed by atoms with E-state index in [1.165, 1.54) is 7.11 Å². The Kier molecular flexibility index (Phi) is 5.89. The molecule has 1 aliphatic rings. The predicted octanol–water partition coefficient (Wildman–Crippen LogP) is 3.19. The van der Waals surface area contributed by atoms with E-state index in [0.29, 0.717) is 0 Å². The highest BCUT2D eigenvalue weighted by Gasteiger charge is 2.37. The summed E-state index contributed by atoms with van der Waals surface area (Å²) in [5, 5.41) is 2.77. The van der Waals surface area contributed by atoms with E-state index in [2.05, 4.69) is 5.32 Å². The van der Waals surface area contributed by atoms with Gasteiger partial charge in [0.2, 0.25) is 5.91 Å². The Morgan fingerprint density at radius 1 is 1.08 bits per heavy atom. The van der Waals surface area contributed by atoms with Crippen molar-refractivity contribution in [3.63, 3.8) is 0 Å². The SMILES string of the molecule is COC(=O)C(NC(=O)CCOc1ccccc1-c1ccccc1)C1CC1. The van der Waals surface area contributed by atoms with Gasteiger partial charge in [0, 0.05) is 5.56 Å². The molecular weight excluding hydrogens is 330 g/mol. The Hall–Kier alpha value is -2.82. The maximum atomic E-state index is 12.2. The van der Waals surface area contributed by atoms with Gasteiger partial charge in [-0.05, 0) is 30.4 Å². The Balaban J connectivity index is 1.55. The lowest BCUT2D eigenvalue weighted by Crippen LogP contribution is -2.43. The molecule has 0 aromatic heterocycles. The van der Waals surface area contributed by atoms with Gasteiger partial charge in [0.1, 0.15) is 11.8 Å². The highest BCUT2D eigenvalue weighted by Crippen LogP contribution is 2.33. The average Bonchev–Trinajstić information content (AvgIpc) is 3.52. The van der Waals surface area contributed by atoms with Crippen LogP contribution in [0.5, 0.6) is 5.75 Å². The number of nitrogens with one attached hydrogen (secondary N) is 1. The van der Waals surface area contributed by atoms with E-state index in [4.69, 9.17) is 9.47 Å². The Morgan fingerprint density at radius 3 is 2.46 bits per heavy atom. The molecule has 26 heavy (non-hydrogen) atoms. The van der Waals surface area contributed by atoms with Gasteiger partial charge in [-0.2, -0.15) is 0 Å². The van der Waals surface area contributed by atoms with Crippen molar-refractivity contribution in [1.82, 2.24) is 5.32 Å². The van der Waals surface area contributed by atoms with Gasteiger partial charge < -0.3 is 14.8 Å². The molecule has 1 fully saturated rings. The molecule has 136 valence electrons. The standard InChI is InChI=1S/C21H23NO4/c1-25-21(24)20(16-11-12-16)22-19(23)13-14-26-18-10-6-5-9-17(18)15-7-3-2-4-8-15/h2-10,16,20H,11-14H2,1H3,(H,22,23). The van der Waals surface area contributed by atoms with E-state index in [-0.39, 0.29) is 30.8 Å². The Labute approximate surface area is 153 Å². The molecule has 3 rings (SSSR count). The second kappa shape index (κ2) is 8.52. The Bertz CT molecular complexity index is 756. The van der Waals surface area contributed by atoms with Crippen molar-refractivity contribution < 1.29 is 19.1 Å². The molecule has 0 heterocycles. The number of rotatable bonds is 8. The lowest BCUT2D eigenvalue weighted by Gasteiger charge is -2.16. The summed E-state index contributed by atoms with van der Waals surface area (Å²) in [5.74, 6) is 0.352. The Morgan fingerprint density at radius 2 is 1.77 bits per heavy atom. The van der Waals surface area contributed by atoms with Crippen molar-refractivity contribution >= 4 is 11.9 Å². The molecule has 2 aromatic rings. The van der Waals surface area contributed by atoms with Crippen LogP contribution in [0.25, 0.3) is 11.1 Å². The molecule has 0 saturated heterocycles. The normalized spacial score (nSPS) is 14.3. The fourth-order valence-corrected chi connectivity index (χ4v) is 2.87. The zero-order valence-corrected chi connectivity index (χ0v) is 14.8. The second-order valence-electron chi connectivity index (χ2n) is 6.37. The molecule has 5 nitrogen and oxygen atoms in total. The quantitative estimate of drug-likeness (QED) is 0.740. The van der Waals surface area contributed by atoms with Crippen LogP contribution in [-0.4, -0.2) is 31.6 Å². The topological polar surface area (TPSA) is 64.6 Å². The largest absolute Gasteiger partial charge is 0.492 e. The van der Waals surface area contributed by atoms with Crippen LogP contribution < -0.4 is 10.1 Å². The molecule has 0 spiro atoms. The summed E-state index contributed by atoms with van der Waals surface area (Å²) < 4.78 is 10.6. The van der Waals surface area contributed by atoms with Crippen molar-refractivity contribution in [3.8, 4) is 16.9 Å². The number of hydrogen-bond acceptors (Lipinski definition) is 4. The van der Waals surface area contributed by atoms with Gasteiger partial charge in [-0.1, -0.05) is 48.5 Å². The number of hydrogen-bond donors (Lipinski definition) is 1.